The zero-order chi connectivity index (χ0) is 21.5. The summed E-state index contributed by atoms with van der Waals surface area (Å²) in [5, 5.41) is 13.7. The van der Waals surface area contributed by atoms with E-state index in [2.05, 4.69) is 5.32 Å². The van der Waals surface area contributed by atoms with Crippen molar-refractivity contribution in [2.75, 3.05) is 6.54 Å². The molecule has 2 N–H and O–H groups in total. The Morgan fingerprint density at radius 2 is 1.48 bits per heavy atom. The molecule has 0 radical (unpaired) electrons. The fraction of sp³-hybridized carbons (Fsp3) is 0.636. The predicted octanol–water partition coefficient (Wildman–Crippen LogP) is 4.43. The van der Waals surface area contributed by atoms with Crippen LogP contribution in [0.1, 0.15) is 73.0 Å². The zero-order valence-corrected chi connectivity index (χ0v) is 19.4. The largest absolute Gasteiger partial charge is 0.422 e. The van der Waals surface area contributed by atoms with Gasteiger partial charge in [-0.1, -0.05) is 33.8 Å². The van der Waals surface area contributed by atoms with E-state index in [0.29, 0.717) is 24.9 Å². The van der Waals surface area contributed by atoms with Gasteiger partial charge in [-0.15, -0.1) is 12.4 Å². The Hall–Kier alpha value is -1.63. The van der Waals surface area contributed by atoms with Crippen LogP contribution in [-0.2, 0) is 9.59 Å². The Morgan fingerprint density at radius 1 is 1.00 bits per heavy atom. The molecule has 1 aromatic rings. The number of aliphatic hydroxyl groups excluding tert-OH is 1. The van der Waals surface area contributed by atoms with E-state index in [-0.39, 0.29) is 47.3 Å². The molecule has 0 aromatic heterocycles. The van der Waals surface area contributed by atoms with Gasteiger partial charge in [0.05, 0.1) is 17.9 Å². The lowest BCUT2D eigenvalue weighted by Crippen LogP contribution is -2.38. The standard InChI is InChI=1S/C22H35NO5.ClH/c1-8-14(3)20(25)27-18-11-10-16(17(24)13-23-22(5,6)7)12-19(18)28-21(26)15(4)9-2;/h10-12,14-15,17,23-24H,8-9,13H2,1-7H3;1H. The van der Waals surface area contributed by atoms with Gasteiger partial charge < -0.3 is 19.9 Å². The van der Waals surface area contributed by atoms with Crippen molar-refractivity contribution in [3.8, 4) is 11.5 Å². The average Bonchev–Trinajstić information content (AvgIpc) is 2.65. The molecule has 3 atom stereocenters. The topological polar surface area (TPSA) is 84.9 Å². The van der Waals surface area contributed by atoms with E-state index in [1.54, 1.807) is 32.0 Å². The Morgan fingerprint density at radius 3 is 1.93 bits per heavy atom. The summed E-state index contributed by atoms with van der Waals surface area (Å²) in [6.45, 7) is 13.7. The minimum absolute atomic E-state index is 0. The van der Waals surface area contributed by atoms with E-state index < -0.39 is 12.1 Å². The number of esters is 2. The van der Waals surface area contributed by atoms with Gasteiger partial charge >= 0.3 is 11.9 Å². The van der Waals surface area contributed by atoms with Crippen molar-refractivity contribution >= 4 is 24.3 Å². The molecule has 7 heteroatoms. The third-order valence-corrected chi connectivity index (χ3v) is 4.63. The van der Waals surface area contributed by atoms with Crippen LogP contribution < -0.4 is 14.8 Å². The zero-order valence-electron chi connectivity index (χ0n) is 18.6. The van der Waals surface area contributed by atoms with Gasteiger partial charge in [-0.05, 0) is 51.3 Å². The van der Waals surface area contributed by atoms with Crippen molar-refractivity contribution in [1.29, 1.82) is 0 Å². The van der Waals surface area contributed by atoms with Crippen LogP contribution >= 0.6 is 12.4 Å². The number of β-amino-alcohol motifs (C(OH)–C–C–N with tert-alkyl or cyclic N) is 1. The number of aliphatic hydroxyl groups is 1. The molecule has 0 bridgehead atoms. The number of carbonyl (C=O) groups excluding carboxylic acids is 2. The van der Waals surface area contributed by atoms with Crippen LogP contribution in [0.4, 0.5) is 0 Å². The van der Waals surface area contributed by atoms with E-state index in [9.17, 15) is 14.7 Å². The molecular weight excluding hydrogens is 394 g/mol. The highest BCUT2D eigenvalue weighted by Crippen LogP contribution is 2.32. The van der Waals surface area contributed by atoms with Crippen molar-refractivity contribution in [1.82, 2.24) is 5.32 Å². The molecule has 3 unspecified atom stereocenters. The van der Waals surface area contributed by atoms with Gasteiger partial charge in [-0.3, -0.25) is 9.59 Å². The molecule has 0 aliphatic carbocycles. The molecule has 0 saturated heterocycles. The number of halogens is 1. The SMILES string of the molecule is CCC(C)C(=O)Oc1ccc(C(O)CNC(C)(C)C)cc1OC(=O)C(C)CC.Cl. The van der Waals surface area contributed by atoms with E-state index in [4.69, 9.17) is 9.47 Å². The number of hydrogen-bond donors (Lipinski definition) is 2. The molecule has 0 heterocycles. The number of ether oxygens (including phenoxy) is 2. The smallest absolute Gasteiger partial charge is 0.314 e. The summed E-state index contributed by atoms with van der Waals surface area (Å²) in [4.78, 5) is 24.5. The van der Waals surface area contributed by atoms with Gasteiger partial charge in [0.25, 0.3) is 0 Å². The highest BCUT2D eigenvalue weighted by atomic mass is 35.5. The molecule has 0 spiro atoms. The van der Waals surface area contributed by atoms with Gasteiger partial charge in [0.1, 0.15) is 0 Å². The van der Waals surface area contributed by atoms with Crippen molar-refractivity contribution in [2.24, 2.45) is 11.8 Å². The Balaban J connectivity index is 0.00000784. The van der Waals surface area contributed by atoms with Crippen LogP contribution in [0.3, 0.4) is 0 Å². The lowest BCUT2D eigenvalue weighted by molar-refractivity contribution is -0.141. The summed E-state index contributed by atoms with van der Waals surface area (Å²) in [5.41, 5.74) is 0.436. The Bertz CT molecular complexity index is 672. The maximum atomic E-state index is 12.3. The van der Waals surface area contributed by atoms with Crippen molar-refractivity contribution in [3.05, 3.63) is 23.8 Å². The van der Waals surface area contributed by atoms with Crippen molar-refractivity contribution in [2.45, 2.75) is 73.0 Å². The second kappa shape index (κ2) is 12.2. The van der Waals surface area contributed by atoms with Gasteiger partial charge in [0, 0.05) is 12.1 Å². The fourth-order valence-corrected chi connectivity index (χ4v) is 2.17. The summed E-state index contributed by atoms with van der Waals surface area (Å²) in [5.74, 6) is -1.00. The molecule has 6 nitrogen and oxygen atoms in total. The van der Waals surface area contributed by atoms with Crippen LogP contribution in [0.5, 0.6) is 11.5 Å². The molecule has 0 saturated carbocycles. The van der Waals surface area contributed by atoms with E-state index >= 15 is 0 Å². The first-order valence-corrected chi connectivity index (χ1v) is 9.98. The highest BCUT2D eigenvalue weighted by Gasteiger charge is 2.22. The molecule has 0 aliphatic heterocycles. The number of nitrogens with one attached hydrogen (secondary N) is 1. The molecule has 166 valence electrons. The van der Waals surface area contributed by atoms with Gasteiger partial charge in [-0.2, -0.15) is 0 Å². The monoisotopic (exact) mass is 429 g/mol. The summed E-state index contributed by atoms with van der Waals surface area (Å²) >= 11 is 0. The Kier molecular flexibility index (Phi) is 11.5. The second-order valence-electron chi connectivity index (χ2n) is 8.31. The number of benzene rings is 1. The summed E-state index contributed by atoms with van der Waals surface area (Å²) in [6.07, 6.45) is 0.494. The minimum atomic E-state index is -0.792. The van der Waals surface area contributed by atoms with Crippen molar-refractivity contribution < 1.29 is 24.2 Å². The summed E-state index contributed by atoms with van der Waals surface area (Å²) < 4.78 is 10.9. The van der Waals surface area contributed by atoms with E-state index in [0.717, 1.165) is 0 Å². The predicted molar refractivity (Wildman–Crippen MR) is 117 cm³/mol. The van der Waals surface area contributed by atoms with E-state index in [1.807, 2.05) is 34.6 Å². The third-order valence-electron chi connectivity index (χ3n) is 4.63. The number of carbonyl (C=O) groups is 2. The lowest BCUT2D eigenvalue weighted by atomic mass is 10.1. The van der Waals surface area contributed by atoms with Crippen LogP contribution in [0, 0.1) is 11.8 Å². The maximum absolute atomic E-state index is 12.3. The first-order chi connectivity index (χ1) is 13.0. The first-order valence-electron chi connectivity index (χ1n) is 9.98. The molecule has 0 aliphatic rings. The second-order valence-corrected chi connectivity index (χ2v) is 8.31. The quantitative estimate of drug-likeness (QED) is 0.446. The molecule has 0 amide bonds. The van der Waals surface area contributed by atoms with Gasteiger partial charge in [0.15, 0.2) is 11.5 Å². The molecular formula is C22H36ClNO5. The molecule has 29 heavy (non-hydrogen) atoms. The Labute approximate surface area is 180 Å². The summed E-state index contributed by atoms with van der Waals surface area (Å²) in [7, 11) is 0. The molecule has 1 aromatic carbocycles. The normalized spacial score (nSPS) is 14.3. The number of hydrogen-bond acceptors (Lipinski definition) is 6. The van der Waals surface area contributed by atoms with Crippen LogP contribution in [-0.4, -0.2) is 29.1 Å². The molecule has 1 rings (SSSR count). The van der Waals surface area contributed by atoms with Crippen molar-refractivity contribution in [3.63, 3.8) is 0 Å². The van der Waals surface area contributed by atoms with Crippen LogP contribution in [0.25, 0.3) is 0 Å². The van der Waals surface area contributed by atoms with Gasteiger partial charge in [-0.25, -0.2) is 0 Å². The highest BCUT2D eigenvalue weighted by molar-refractivity contribution is 5.85. The minimum Gasteiger partial charge on any atom is -0.422 e. The lowest BCUT2D eigenvalue weighted by Gasteiger charge is -2.23. The van der Waals surface area contributed by atoms with Gasteiger partial charge in [0.2, 0.25) is 0 Å². The fourth-order valence-electron chi connectivity index (χ4n) is 2.17. The average molecular weight is 430 g/mol. The van der Waals surface area contributed by atoms with Crippen LogP contribution in [0.15, 0.2) is 18.2 Å². The third kappa shape index (κ3) is 9.15. The first kappa shape index (κ1) is 27.4. The van der Waals surface area contributed by atoms with E-state index in [1.165, 1.54) is 0 Å². The molecule has 0 fully saturated rings. The van der Waals surface area contributed by atoms with Crippen LogP contribution in [0.2, 0.25) is 0 Å². The maximum Gasteiger partial charge on any atom is 0.314 e. The number of rotatable bonds is 9. The summed E-state index contributed by atoms with van der Waals surface area (Å²) in [6, 6.07) is 4.80.